The third-order valence-electron chi connectivity index (χ3n) is 4.06. The highest BCUT2D eigenvalue weighted by Gasteiger charge is 2.44. The molecule has 1 rings (SSSR count). The lowest BCUT2D eigenvalue weighted by molar-refractivity contribution is -0.139. The molecule has 0 aliphatic rings. The highest BCUT2D eigenvalue weighted by molar-refractivity contribution is 7.92. The second-order valence-electron chi connectivity index (χ2n) is 6.88. The summed E-state index contributed by atoms with van der Waals surface area (Å²) >= 11 is 0. The zero-order valence-electron chi connectivity index (χ0n) is 13.8. The molecule has 0 saturated carbocycles. The lowest BCUT2D eigenvalue weighted by atomic mass is 9.68. The van der Waals surface area contributed by atoms with Crippen LogP contribution in [-0.2, 0) is 20.2 Å². The molecule has 0 aromatic heterocycles. The van der Waals surface area contributed by atoms with Crippen LogP contribution in [0.15, 0.2) is 29.2 Å². The molecule has 0 bridgehead atoms. The molecule has 0 saturated heterocycles. The van der Waals surface area contributed by atoms with Crippen LogP contribution in [0, 0.1) is 5.41 Å². The molecule has 0 aliphatic heterocycles. The third kappa shape index (κ3) is 3.33. The summed E-state index contributed by atoms with van der Waals surface area (Å²) in [4.78, 5) is 11.4. The Morgan fingerprint density at radius 2 is 1.73 bits per heavy atom. The molecule has 3 N–H and O–H groups in total. The molecule has 0 unspecified atom stereocenters. The molecule has 0 spiro atoms. The Hall–Kier alpha value is -1.40. The lowest BCUT2D eigenvalue weighted by Crippen LogP contribution is -2.50. The largest absolute Gasteiger partial charge is 0.481 e. The fourth-order valence-electron chi connectivity index (χ4n) is 2.34. The van der Waals surface area contributed by atoms with Crippen LogP contribution in [0.3, 0.4) is 0 Å². The Kier molecular flexibility index (Phi) is 5.09. The first kappa shape index (κ1) is 18.6. The van der Waals surface area contributed by atoms with E-state index in [1.807, 2.05) is 20.8 Å². The van der Waals surface area contributed by atoms with Gasteiger partial charge in [-0.15, -0.1) is 0 Å². The van der Waals surface area contributed by atoms with Crippen LogP contribution in [0.5, 0.6) is 0 Å². The van der Waals surface area contributed by atoms with Crippen LogP contribution < -0.4 is 5.73 Å². The van der Waals surface area contributed by atoms with Crippen molar-refractivity contribution in [2.24, 2.45) is 11.1 Å². The van der Waals surface area contributed by atoms with E-state index in [9.17, 15) is 18.3 Å². The second kappa shape index (κ2) is 6.01. The zero-order valence-corrected chi connectivity index (χ0v) is 14.6. The van der Waals surface area contributed by atoms with Crippen molar-refractivity contribution in [3.63, 3.8) is 0 Å². The van der Waals surface area contributed by atoms with Gasteiger partial charge in [0.2, 0.25) is 0 Å². The number of nitrogens with two attached hydrogens (primary N) is 1. The molecule has 6 heteroatoms. The Morgan fingerprint density at radius 3 is 2.14 bits per heavy atom. The molecule has 124 valence electrons. The van der Waals surface area contributed by atoms with E-state index >= 15 is 0 Å². The first-order chi connectivity index (χ1) is 9.84. The molecular formula is C16H25NO4S. The number of carboxylic acids is 1. The van der Waals surface area contributed by atoms with E-state index in [-0.39, 0.29) is 11.3 Å². The van der Waals surface area contributed by atoms with Crippen molar-refractivity contribution in [2.75, 3.05) is 0 Å². The van der Waals surface area contributed by atoms with Crippen molar-refractivity contribution in [1.29, 1.82) is 0 Å². The van der Waals surface area contributed by atoms with Crippen LogP contribution in [0.2, 0.25) is 0 Å². The van der Waals surface area contributed by atoms with Crippen molar-refractivity contribution in [3.05, 3.63) is 29.8 Å². The number of rotatable bonds is 5. The number of aliphatic carboxylic acids is 1. The summed E-state index contributed by atoms with van der Waals surface area (Å²) in [7, 11) is -3.56. The number of benzene rings is 1. The maximum absolute atomic E-state index is 12.6. The summed E-state index contributed by atoms with van der Waals surface area (Å²) in [6, 6.07) is 6.43. The van der Waals surface area contributed by atoms with Gasteiger partial charge in [-0.3, -0.25) is 4.79 Å². The highest BCUT2D eigenvalue weighted by atomic mass is 32.2. The highest BCUT2D eigenvalue weighted by Crippen LogP contribution is 2.42. The van der Waals surface area contributed by atoms with Crippen LogP contribution >= 0.6 is 0 Å². The Morgan fingerprint density at radius 1 is 1.23 bits per heavy atom. The molecule has 0 amide bonds. The van der Waals surface area contributed by atoms with Gasteiger partial charge >= 0.3 is 5.97 Å². The van der Waals surface area contributed by atoms with Gasteiger partial charge in [0.1, 0.15) is 0 Å². The van der Waals surface area contributed by atoms with Crippen molar-refractivity contribution in [2.45, 2.75) is 56.7 Å². The number of sulfone groups is 1. The third-order valence-corrected chi connectivity index (χ3v) is 6.27. The first-order valence-corrected chi connectivity index (χ1v) is 8.73. The molecule has 0 radical (unpaired) electrons. The van der Waals surface area contributed by atoms with Gasteiger partial charge < -0.3 is 10.8 Å². The minimum atomic E-state index is -3.56. The van der Waals surface area contributed by atoms with Crippen LogP contribution in [-0.4, -0.2) is 24.7 Å². The van der Waals surface area contributed by atoms with Crippen molar-refractivity contribution in [3.8, 4) is 0 Å². The average Bonchev–Trinajstić information content (AvgIpc) is 2.36. The number of hydrogen-bond donors (Lipinski definition) is 2. The zero-order chi connectivity index (χ0) is 17.3. The maximum atomic E-state index is 12.6. The fraction of sp³-hybridized carbons (Fsp3) is 0.562. The number of hydrogen-bond acceptors (Lipinski definition) is 4. The van der Waals surface area contributed by atoms with Crippen LogP contribution in [0.25, 0.3) is 0 Å². The topological polar surface area (TPSA) is 97.5 Å². The predicted octanol–water partition coefficient (Wildman–Crippen LogP) is 2.54. The van der Waals surface area contributed by atoms with Crippen LogP contribution in [0.4, 0.5) is 0 Å². The van der Waals surface area contributed by atoms with Gasteiger partial charge in [0.15, 0.2) is 9.84 Å². The Balaban J connectivity index is 3.70. The standard InChI is InChI=1S/C16H25NO4S/c1-11(2)22(20,21)13-9-7-6-8-12(13)16(17,10-14(18)19)15(3,4)5/h6-9,11H,10,17H2,1-5H3,(H,18,19)/t16-/m0/s1. The Bertz CT molecular complexity index is 659. The minimum absolute atomic E-state index is 0.115. The summed E-state index contributed by atoms with van der Waals surface area (Å²) in [6.07, 6.45) is -0.346. The van der Waals surface area contributed by atoms with Gasteiger partial charge in [0, 0.05) is 0 Å². The van der Waals surface area contributed by atoms with E-state index in [1.165, 1.54) is 6.07 Å². The van der Waals surface area contributed by atoms with Gasteiger partial charge in [-0.2, -0.15) is 0 Å². The van der Waals surface area contributed by atoms with E-state index in [2.05, 4.69) is 0 Å². The molecular weight excluding hydrogens is 302 g/mol. The maximum Gasteiger partial charge on any atom is 0.305 e. The monoisotopic (exact) mass is 327 g/mol. The smallest absolute Gasteiger partial charge is 0.305 e. The normalized spacial score (nSPS) is 15.6. The summed E-state index contributed by atoms with van der Waals surface area (Å²) in [5, 5.41) is 8.64. The van der Waals surface area contributed by atoms with Gasteiger partial charge in [-0.05, 0) is 30.9 Å². The quantitative estimate of drug-likeness (QED) is 0.866. The minimum Gasteiger partial charge on any atom is -0.481 e. The van der Waals surface area contributed by atoms with E-state index in [0.717, 1.165) is 0 Å². The molecule has 0 heterocycles. The molecule has 22 heavy (non-hydrogen) atoms. The van der Waals surface area contributed by atoms with E-state index in [4.69, 9.17) is 5.73 Å². The van der Waals surface area contributed by atoms with Gasteiger partial charge in [-0.1, -0.05) is 39.0 Å². The molecule has 1 aromatic rings. The van der Waals surface area contributed by atoms with Crippen molar-refractivity contribution in [1.82, 2.24) is 0 Å². The summed E-state index contributed by atoms with van der Waals surface area (Å²) < 4.78 is 25.2. The second-order valence-corrected chi connectivity index (χ2v) is 9.35. The predicted molar refractivity (Wildman–Crippen MR) is 86.3 cm³/mol. The van der Waals surface area contributed by atoms with Crippen LogP contribution in [0.1, 0.15) is 46.6 Å². The fourth-order valence-corrected chi connectivity index (χ4v) is 3.67. The first-order valence-electron chi connectivity index (χ1n) is 7.18. The van der Waals surface area contributed by atoms with Gasteiger partial charge in [0.05, 0.1) is 22.1 Å². The van der Waals surface area contributed by atoms with Gasteiger partial charge in [-0.25, -0.2) is 8.42 Å². The number of carboxylic acid groups (broad SMARTS) is 1. The van der Waals surface area contributed by atoms with E-state index < -0.39 is 32.0 Å². The molecule has 5 nitrogen and oxygen atoms in total. The number of carbonyl (C=O) groups is 1. The van der Waals surface area contributed by atoms with Crippen molar-refractivity contribution < 1.29 is 18.3 Å². The average molecular weight is 327 g/mol. The summed E-state index contributed by atoms with van der Waals surface area (Å²) in [6.45, 7) is 8.63. The van der Waals surface area contributed by atoms with Gasteiger partial charge in [0.25, 0.3) is 0 Å². The molecule has 1 aromatic carbocycles. The molecule has 1 atom stereocenters. The Labute approximate surface area is 132 Å². The molecule has 0 fully saturated rings. The SMILES string of the molecule is CC(C)S(=O)(=O)c1ccccc1[C@@](N)(CC(=O)O)C(C)(C)C. The van der Waals surface area contributed by atoms with E-state index in [0.29, 0.717) is 5.56 Å². The summed E-state index contributed by atoms with van der Waals surface area (Å²) in [5.41, 5.74) is 4.88. The molecule has 0 aliphatic carbocycles. The lowest BCUT2D eigenvalue weighted by Gasteiger charge is -2.42. The van der Waals surface area contributed by atoms with E-state index in [1.54, 1.807) is 32.0 Å². The summed E-state index contributed by atoms with van der Waals surface area (Å²) in [5.74, 6) is -1.06. The van der Waals surface area contributed by atoms with Crippen molar-refractivity contribution >= 4 is 15.8 Å².